The monoisotopic (exact) mass is 438 g/mol. The lowest BCUT2D eigenvalue weighted by molar-refractivity contribution is -0.122. The number of rotatable bonds is 8. The van der Waals surface area contributed by atoms with Crippen LogP contribution in [0.1, 0.15) is 18.4 Å². The zero-order valence-corrected chi connectivity index (χ0v) is 18.3. The van der Waals surface area contributed by atoms with E-state index in [1.807, 2.05) is 43.5 Å². The Morgan fingerprint density at radius 2 is 2.23 bits per heavy atom. The van der Waals surface area contributed by atoms with E-state index in [2.05, 4.69) is 20.2 Å². The van der Waals surface area contributed by atoms with Gasteiger partial charge in [-0.15, -0.1) is 0 Å². The lowest BCUT2D eigenvalue weighted by Crippen LogP contribution is -2.37. The number of nitrogens with one attached hydrogen (secondary N) is 1. The number of thiazole rings is 1. The lowest BCUT2D eigenvalue weighted by Gasteiger charge is -2.32. The Labute approximate surface area is 185 Å². The summed E-state index contributed by atoms with van der Waals surface area (Å²) in [7, 11) is 0. The third kappa shape index (κ3) is 5.77. The fraction of sp³-hybridized carbons (Fsp3) is 0.364. The van der Waals surface area contributed by atoms with Crippen LogP contribution in [0.5, 0.6) is 0 Å². The number of amides is 1. The molecule has 4 heterocycles. The van der Waals surface area contributed by atoms with Gasteiger partial charge in [-0.1, -0.05) is 17.4 Å². The number of primary amides is 1. The van der Waals surface area contributed by atoms with Crippen LogP contribution in [0.15, 0.2) is 42.7 Å². The van der Waals surface area contributed by atoms with E-state index in [4.69, 9.17) is 15.5 Å². The first-order valence-electron chi connectivity index (χ1n) is 10.3. The molecule has 1 aliphatic rings. The quantitative estimate of drug-likeness (QED) is 0.555. The van der Waals surface area contributed by atoms with Gasteiger partial charge in [-0.2, -0.15) is 0 Å². The summed E-state index contributed by atoms with van der Waals surface area (Å²) in [6, 6.07) is 9.84. The Morgan fingerprint density at radius 1 is 1.32 bits per heavy atom. The first-order chi connectivity index (χ1) is 15.1. The fourth-order valence-electron chi connectivity index (χ4n) is 3.61. The average Bonchev–Trinajstić information content (AvgIpc) is 3.24. The van der Waals surface area contributed by atoms with Gasteiger partial charge in [-0.25, -0.2) is 15.0 Å². The van der Waals surface area contributed by atoms with Gasteiger partial charge in [0.15, 0.2) is 5.13 Å². The SMILES string of the molecule is Cc1ccnc(Nc2cccc(-c3cnc(N4CCCC(COCC(N)=O)C4)s3)n2)c1. The molecule has 31 heavy (non-hydrogen) atoms. The Kier molecular flexibility index (Phi) is 6.73. The summed E-state index contributed by atoms with van der Waals surface area (Å²) < 4.78 is 5.42. The number of carbonyl (C=O) groups excluding carboxylic acids is 1. The number of anilines is 3. The van der Waals surface area contributed by atoms with E-state index in [1.165, 1.54) is 0 Å². The average molecular weight is 439 g/mol. The molecular weight excluding hydrogens is 412 g/mol. The molecule has 1 unspecified atom stereocenters. The van der Waals surface area contributed by atoms with Crippen molar-refractivity contribution in [2.24, 2.45) is 11.7 Å². The maximum absolute atomic E-state index is 10.9. The number of aryl methyl sites for hydroxylation is 1. The van der Waals surface area contributed by atoms with E-state index in [-0.39, 0.29) is 6.61 Å². The van der Waals surface area contributed by atoms with Crippen LogP contribution < -0.4 is 16.0 Å². The molecule has 9 heteroatoms. The molecular formula is C22H26N6O2S. The summed E-state index contributed by atoms with van der Waals surface area (Å²) in [5.41, 5.74) is 7.16. The number of nitrogens with two attached hydrogens (primary N) is 1. The number of pyridine rings is 2. The lowest BCUT2D eigenvalue weighted by atomic mass is 9.99. The molecule has 1 fully saturated rings. The number of piperidine rings is 1. The van der Waals surface area contributed by atoms with E-state index in [0.29, 0.717) is 12.5 Å². The number of aromatic nitrogens is 3. The molecule has 1 saturated heterocycles. The van der Waals surface area contributed by atoms with Crippen LogP contribution in [0.3, 0.4) is 0 Å². The third-order valence-corrected chi connectivity index (χ3v) is 6.13. The summed E-state index contributed by atoms with van der Waals surface area (Å²) in [6.07, 6.45) is 5.81. The van der Waals surface area contributed by atoms with Crippen molar-refractivity contribution >= 4 is 34.0 Å². The molecule has 4 rings (SSSR count). The predicted octanol–water partition coefficient (Wildman–Crippen LogP) is 3.37. The molecule has 162 valence electrons. The van der Waals surface area contributed by atoms with Crippen LogP contribution in [-0.4, -0.2) is 47.2 Å². The van der Waals surface area contributed by atoms with Gasteiger partial charge in [-0.05, 0) is 55.5 Å². The molecule has 0 aromatic carbocycles. The van der Waals surface area contributed by atoms with Crippen molar-refractivity contribution in [3.63, 3.8) is 0 Å². The first-order valence-corrected chi connectivity index (χ1v) is 11.1. The first kappa shape index (κ1) is 21.2. The molecule has 1 amide bonds. The summed E-state index contributed by atoms with van der Waals surface area (Å²) in [6.45, 7) is 4.38. The van der Waals surface area contributed by atoms with Gasteiger partial charge >= 0.3 is 0 Å². The highest BCUT2D eigenvalue weighted by atomic mass is 32.1. The van der Waals surface area contributed by atoms with Crippen molar-refractivity contribution in [2.45, 2.75) is 19.8 Å². The van der Waals surface area contributed by atoms with Crippen LogP contribution in [0.25, 0.3) is 10.6 Å². The highest BCUT2D eigenvalue weighted by Crippen LogP contribution is 2.33. The van der Waals surface area contributed by atoms with Crippen molar-refractivity contribution < 1.29 is 9.53 Å². The predicted molar refractivity (Wildman–Crippen MR) is 123 cm³/mol. The molecule has 0 bridgehead atoms. The zero-order valence-electron chi connectivity index (χ0n) is 17.5. The van der Waals surface area contributed by atoms with Crippen LogP contribution in [-0.2, 0) is 9.53 Å². The highest BCUT2D eigenvalue weighted by Gasteiger charge is 2.23. The Bertz CT molecular complexity index is 1040. The van der Waals surface area contributed by atoms with Crippen LogP contribution in [0.4, 0.5) is 16.8 Å². The molecule has 8 nitrogen and oxygen atoms in total. The molecule has 3 N–H and O–H groups in total. The molecule has 0 aliphatic carbocycles. The van der Waals surface area contributed by atoms with Gasteiger partial charge in [0, 0.05) is 25.5 Å². The topological polar surface area (TPSA) is 106 Å². The minimum Gasteiger partial charge on any atom is -0.371 e. The Hall–Kier alpha value is -3.04. The molecule has 0 saturated carbocycles. The number of nitrogens with zero attached hydrogens (tertiary/aromatic N) is 4. The maximum atomic E-state index is 10.9. The van der Waals surface area contributed by atoms with Gasteiger partial charge in [0.1, 0.15) is 18.2 Å². The normalized spacial score (nSPS) is 16.3. The zero-order chi connectivity index (χ0) is 21.6. The second-order valence-corrected chi connectivity index (χ2v) is 8.70. The van der Waals surface area contributed by atoms with Crippen molar-refractivity contribution in [1.82, 2.24) is 15.0 Å². The van der Waals surface area contributed by atoms with E-state index < -0.39 is 5.91 Å². The number of carbonyl (C=O) groups is 1. The smallest absolute Gasteiger partial charge is 0.243 e. The maximum Gasteiger partial charge on any atom is 0.243 e. The fourth-order valence-corrected chi connectivity index (χ4v) is 4.53. The molecule has 1 atom stereocenters. The van der Waals surface area contributed by atoms with E-state index in [9.17, 15) is 4.79 Å². The number of ether oxygens (including phenoxy) is 1. The Balaban J connectivity index is 1.42. The van der Waals surface area contributed by atoms with Crippen LogP contribution in [0, 0.1) is 12.8 Å². The summed E-state index contributed by atoms with van der Waals surface area (Å²) in [5, 5.41) is 4.24. The second-order valence-electron chi connectivity index (χ2n) is 7.69. The Morgan fingerprint density at radius 3 is 3.06 bits per heavy atom. The van der Waals surface area contributed by atoms with Crippen molar-refractivity contribution in [3.8, 4) is 10.6 Å². The minimum atomic E-state index is -0.431. The van der Waals surface area contributed by atoms with Gasteiger partial charge in [0.05, 0.1) is 17.2 Å². The van der Waals surface area contributed by atoms with Gasteiger partial charge in [-0.3, -0.25) is 4.79 Å². The van der Waals surface area contributed by atoms with Gasteiger partial charge in [0.2, 0.25) is 5.91 Å². The largest absolute Gasteiger partial charge is 0.371 e. The van der Waals surface area contributed by atoms with Gasteiger partial charge in [0.25, 0.3) is 0 Å². The second kappa shape index (κ2) is 9.84. The minimum absolute atomic E-state index is 0.0218. The molecule has 3 aromatic rings. The summed E-state index contributed by atoms with van der Waals surface area (Å²) >= 11 is 1.63. The van der Waals surface area contributed by atoms with E-state index in [1.54, 1.807) is 17.5 Å². The summed E-state index contributed by atoms with van der Waals surface area (Å²) in [4.78, 5) is 27.9. The summed E-state index contributed by atoms with van der Waals surface area (Å²) in [5.74, 6) is 1.45. The van der Waals surface area contributed by atoms with E-state index >= 15 is 0 Å². The molecule has 1 aliphatic heterocycles. The standard InChI is InChI=1S/C22H26N6O2S/c1-15-7-8-24-21(10-15)27-20-6-2-5-17(26-20)18-11-25-22(31-18)28-9-3-4-16(12-28)13-30-14-19(23)29/h2,5-8,10-11,16H,3-4,9,12-14H2,1H3,(H2,23,29)(H,24,26,27). The molecule has 0 radical (unpaired) electrons. The van der Waals surface area contributed by atoms with Gasteiger partial charge < -0.3 is 20.7 Å². The molecule has 0 spiro atoms. The number of hydrogen-bond acceptors (Lipinski definition) is 8. The van der Waals surface area contributed by atoms with Crippen molar-refractivity contribution in [3.05, 3.63) is 48.3 Å². The van der Waals surface area contributed by atoms with Crippen LogP contribution >= 0.6 is 11.3 Å². The van der Waals surface area contributed by atoms with Crippen molar-refractivity contribution in [1.29, 1.82) is 0 Å². The number of hydrogen-bond donors (Lipinski definition) is 2. The molecule has 3 aromatic heterocycles. The van der Waals surface area contributed by atoms with Crippen molar-refractivity contribution in [2.75, 3.05) is 36.5 Å². The van der Waals surface area contributed by atoms with E-state index in [0.717, 1.165) is 58.8 Å². The highest BCUT2D eigenvalue weighted by molar-refractivity contribution is 7.18. The van der Waals surface area contributed by atoms with Crippen LogP contribution in [0.2, 0.25) is 0 Å². The third-order valence-electron chi connectivity index (χ3n) is 5.05.